The van der Waals surface area contributed by atoms with E-state index in [9.17, 15) is 0 Å². The Morgan fingerprint density at radius 3 is 1.62 bits per heavy atom. The van der Waals surface area contributed by atoms with Crippen molar-refractivity contribution in [1.82, 2.24) is 24.1 Å². The molecule has 0 amide bonds. The average Bonchev–Trinajstić information content (AvgIpc) is 3.62. The monoisotopic (exact) mass is 716 g/mol. The molecule has 262 valence electrons. The zero-order valence-electron chi connectivity index (χ0n) is 30.4. The Morgan fingerprint density at radius 2 is 0.982 bits per heavy atom. The van der Waals surface area contributed by atoms with Crippen LogP contribution < -0.4 is 4.58 Å². The minimum Gasteiger partial charge on any atom is -0.318 e. The topological polar surface area (TPSA) is 46.6 Å². The molecular weight excluding hydrogens is 683 g/mol. The Kier molecular flexibility index (Phi) is 7.49. The van der Waals surface area contributed by atoms with Crippen molar-refractivity contribution in [2.75, 3.05) is 0 Å². The molecule has 2 aromatic heterocycles. The molecule has 9 aromatic rings. The van der Waals surface area contributed by atoms with Crippen LogP contribution in [0.5, 0.6) is 0 Å². The molecule has 11 rings (SSSR count). The van der Waals surface area contributed by atoms with Gasteiger partial charge in [-0.2, -0.15) is 4.58 Å². The van der Waals surface area contributed by atoms with Gasteiger partial charge in [-0.05, 0) is 40.5 Å². The van der Waals surface area contributed by atoms with Gasteiger partial charge in [-0.3, -0.25) is 0 Å². The van der Waals surface area contributed by atoms with E-state index in [0.717, 1.165) is 28.1 Å². The SMILES string of the molecule is C1=CC2=[N+](c3cccc(-c4nc(-c5ccccc5)nc(-c5ccccc5)n4)c3)c3cc(-c4ccccc4)cc4c5cc(-c6ccccc6)ccc5n(c34)C2C=C1. The van der Waals surface area contributed by atoms with Gasteiger partial charge in [-0.1, -0.05) is 158 Å². The van der Waals surface area contributed by atoms with E-state index in [0.29, 0.717) is 17.5 Å². The van der Waals surface area contributed by atoms with E-state index in [1.165, 1.54) is 49.8 Å². The Labute approximate surface area is 324 Å². The first-order valence-corrected chi connectivity index (χ1v) is 19.0. The van der Waals surface area contributed by atoms with Crippen molar-refractivity contribution in [3.05, 3.63) is 200 Å². The molecule has 1 aliphatic carbocycles. The van der Waals surface area contributed by atoms with Crippen molar-refractivity contribution < 1.29 is 0 Å². The lowest BCUT2D eigenvalue weighted by Crippen LogP contribution is -2.30. The molecule has 7 aromatic carbocycles. The lowest BCUT2D eigenvalue weighted by molar-refractivity contribution is 0.781. The summed E-state index contributed by atoms with van der Waals surface area (Å²) in [6.07, 6.45) is 8.89. The Balaban J connectivity index is 1.15. The molecule has 1 unspecified atom stereocenters. The molecule has 5 nitrogen and oxygen atoms in total. The van der Waals surface area contributed by atoms with E-state index in [1.54, 1.807) is 0 Å². The lowest BCUT2D eigenvalue weighted by Gasteiger charge is -2.25. The summed E-state index contributed by atoms with van der Waals surface area (Å²) >= 11 is 0. The summed E-state index contributed by atoms with van der Waals surface area (Å²) in [7, 11) is 0. The minimum absolute atomic E-state index is 0.00662. The Morgan fingerprint density at radius 1 is 0.429 bits per heavy atom. The van der Waals surface area contributed by atoms with Crippen molar-refractivity contribution in [2.45, 2.75) is 6.04 Å². The first kappa shape index (κ1) is 32.0. The van der Waals surface area contributed by atoms with Gasteiger partial charge >= 0.3 is 0 Å². The highest BCUT2D eigenvalue weighted by molar-refractivity contribution is 6.19. The predicted octanol–water partition coefficient (Wildman–Crippen LogP) is 12.3. The van der Waals surface area contributed by atoms with E-state index in [1.807, 2.05) is 60.7 Å². The number of hydrogen-bond acceptors (Lipinski definition) is 3. The molecule has 0 N–H and O–H groups in total. The normalized spacial score (nSPS) is 14.4. The molecule has 0 fully saturated rings. The first-order valence-electron chi connectivity index (χ1n) is 19.0. The highest BCUT2D eigenvalue weighted by Crippen LogP contribution is 2.46. The van der Waals surface area contributed by atoms with E-state index in [-0.39, 0.29) is 6.04 Å². The highest BCUT2D eigenvalue weighted by atomic mass is 15.2. The van der Waals surface area contributed by atoms with Crippen molar-refractivity contribution in [1.29, 1.82) is 0 Å². The van der Waals surface area contributed by atoms with Crippen LogP contribution >= 0.6 is 0 Å². The molecule has 0 spiro atoms. The molecule has 0 bridgehead atoms. The number of benzene rings is 7. The smallest absolute Gasteiger partial charge is 0.236 e. The highest BCUT2D eigenvalue weighted by Gasteiger charge is 2.38. The number of rotatable bonds is 6. The summed E-state index contributed by atoms with van der Waals surface area (Å²) in [4.78, 5) is 15.1. The van der Waals surface area contributed by atoms with Crippen molar-refractivity contribution in [2.24, 2.45) is 0 Å². The van der Waals surface area contributed by atoms with Crippen LogP contribution in [0.2, 0.25) is 0 Å². The number of hydrogen-bond donors (Lipinski definition) is 0. The van der Waals surface area contributed by atoms with E-state index >= 15 is 0 Å². The maximum absolute atomic E-state index is 5.08. The van der Waals surface area contributed by atoms with E-state index < -0.39 is 0 Å². The van der Waals surface area contributed by atoms with Gasteiger partial charge in [0, 0.05) is 51.7 Å². The first-order chi connectivity index (χ1) is 27.8. The van der Waals surface area contributed by atoms with Crippen molar-refractivity contribution in [3.8, 4) is 56.4 Å². The van der Waals surface area contributed by atoms with Gasteiger partial charge in [0.25, 0.3) is 0 Å². The zero-order chi connectivity index (χ0) is 37.0. The fourth-order valence-electron chi connectivity index (χ4n) is 8.32. The molecule has 0 saturated heterocycles. The third-order valence-corrected chi connectivity index (χ3v) is 10.9. The zero-order valence-corrected chi connectivity index (χ0v) is 30.4. The second kappa shape index (κ2) is 13.1. The summed E-state index contributed by atoms with van der Waals surface area (Å²) in [6.45, 7) is 0. The number of allylic oxidation sites excluding steroid dienone is 4. The third-order valence-electron chi connectivity index (χ3n) is 10.9. The second-order valence-electron chi connectivity index (χ2n) is 14.3. The second-order valence-corrected chi connectivity index (χ2v) is 14.3. The van der Waals surface area contributed by atoms with E-state index in [4.69, 9.17) is 15.0 Å². The third kappa shape index (κ3) is 5.32. The van der Waals surface area contributed by atoms with E-state index in [2.05, 4.69) is 149 Å². The van der Waals surface area contributed by atoms with Gasteiger partial charge in [-0.25, -0.2) is 15.0 Å². The van der Waals surface area contributed by atoms with Gasteiger partial charge in [0.05, 0.1) is 5.52 Å². The average molecular weight is 717 g/mol. The number of nitrogens with zero attached hydrogens (tertiary/aromatic N) is 5. The van der Waals surface area contributed by atoms with Gasteiger partial charge < -0.3 is 4.57 Å². The summed E-state index contributed by atoms with van der Waals surface area (Å²) in [5, 5.41) is 2.47. The molecule has 0 saturated carbocycles. The summed E-state index contributed by atoms with van der Waals surface area (Å²) in [6, 6.07) is 62.0. The Bertz CT molecular complexity index is 2990. The summed E-state index contributed by atoms with van der Waals surface area (Å²) in [5.41, 5.74) is 13.4. The van der Waals surface area contributed by atoms with Crippen LogP contribution in [0.3, 0.4) is 0 Å². The molecule has 1 atom stereocenters. The quantitative estimate of drug-likeness (QED) is 0.161. The maximum Gasteiger partial charge on any atom is 0.236 e. The summed E-state index contributed by atoms with van der Waals surface area (Å²) in [5.74, 6) is 1.91. The molecule has 1 aliphatic heterocycles. The standard InChI is InChI=1S/C51H34N5/c1-5-16-34(17-6-1)38-28-29-44-42(31-38)43-32-40(35-18-7-2-8-19-35)33-47-48(43)56(44)46-27-14-13-26-45(46)55(47)41-25-15-24-39(30-41)51-53-49(36-20-9-3-10-21-36)52-50(54-51)37-22-11-4-12-23-37/h1-33,46H/q+1. The fourth-order valence-corrected chi connectivity index (χ4v) is 8.32. The van der Waals surface area contributed by atoms with Crippen LogP contribution in [0.25, 0.3) is 78.2 Å². The molecule has 5 heteroatoms. The Hall–Kier alpha value is -7.50. The number of fused-ring (bicyclic) bond motifs is 5. The van der Waals surface area contributed by atoms with Gasteiger partial charge in [0.15, 0.2) is 17.5 Å². The van der Waals surface area contributed by atoms with Gasteiger partial charge in [0.2, 0.25) is 17.1 Å². The predicted molar refractivity (Wildman–Crippen MR) is 230 cm³/mol. The van der Waals surface area contributed by atoms with Crippen molar-refractivity contribution in [3.63, 3.8) is 0 Å². The molecule has 0 radical (unpaired) electrons. The molecule has 56 heavy (non-hydrogen) atoms. The molecule has 3 heterocycles. The van der Waals surface area contributed by atoms with Gasteiger partial charge in [0.1, 0.15) is 11.6 Å². The van der Waals surface area contributed by atoms with Gasteiger partial charge in [-0.15, -0.1) is 0 Å². The van der Waals surface area contributed by atoms with Crippen LogP contribution in [0.4, 0.5) is 11.4 Å². The number of aromatic nitrogens is 4. The molecule has 2 aliphatic rings. The minimum atomic E-state index is -0.00662. The maximum atomic E-state index is 5.08. The lowest BCUT2D eigenvalue weighted by atomic mass is 9.97. The summed E-state index contributed by atoms with van der Waals surface area (Å²) < 4.78 is 4.97. The largest absolute Gasteiger partial charge is 0.318 e. The van der Waals surface area contributed by atoms with Crippen molar-refractivity contribution >= 4 is 38.9 Å². The molecular formula is C51H34N5+. The van der Waals surface area contributed by atoms with Crippen LogP contribution in [0.15, 0.2) is 200 Å². The van der Waals surface area contributed by atoms with Crippen LogP contribution in [0, 0.1) is 0 Å². The van der Waals surface area contributed by atoms with Crippen LogP contribution in [-0.4, -0.2) is 25.2 Å². The fraction of sp³-hybridized carbons (Fsp3) is 0.0196. The van der Waals surface area contributed by atoms with Crippen LogP contribution in [-0.2, 0) is 0 Å². The van der Waals surface area contributed by atoms with Crippen LogP contribution in [0.1, 0.15) is 6.04 Å².